The van der Waals surface area contributed by atoms with Gasteiger partial charge in [-0.25, -0.2) is 4.98 Å². The van der Waals surface area contributed by atoms with E-state index >= 15 is 0 Å². The summed E-state index contributed by atoms with van der Waals surface area (Å²) in [7, 11) is 0. The van der Waals surface area contributed by atoms with Crippen LogP contribution in [0.5, 0.6) is 0 Å². The average Bonchev–Trinajstić information content (AvgIpc) is 3.32. The van der Waals surface area contributed by atoms with Gasteiger partial charge in [0.2, 0.25) is 11.8 Å². The van der Waals surface area contributed by atoms with Gasteiger partial charge in [-0.1, -0.05) is 56.3 Å². The number of rotatable bonds is 6. The molecule has 3 aromatic rings. The maximum atomic E-state index is 12.5. The first-order valence-corrected chi connectivity index (χ1v) is 13.7. The summed E-state index contributed by atoms with van der Waals surface area (Å²) in [4.78, 5) is 33.8. The molecule has 9 heteroatoms. The number of hydrogen-bond acceptors (Lipinski definition) is 6. The van der Waals surface area contributed by atoms with Gasteiger partial charge >= 0.3 is 0 Å². The van der Waals surface area contributed by atoms with E-state index in [9.17, 15) is 9.59 Å². The molecule has 2 heterocycles. The van der Waals surface area contributed by atoms with E-state index < -0.39 is 0 Å². The molecule has 0 unspecified atom stereocenters. The molecule has 2 amide bonds. The van der Waals surface area contributed by atoms with Crippen LogP contribution in [0.4, 0.5) is 11.4 Å². The fourth-order valence-corrected chi connectivity index (χ4v) is 5.56. The number of thiazole rings is 1. The van der Waals surface area contributed by atoms with Crippen LogP contribution in [0.15, 0.2) is 58.3 Å². The first-order chi connectivity index (χ1) is 16.7. The van der Waals surface area contributed by atoms with Crippen molar-refractivity contribution < 1.29 is 9.59 Å². The van der Waals surface area contributed by atoms with Gasteiger partial charge in [0.15, 0.2) is 4.34 Å². The van der Waals surface area contributed by atoms with Gasteiger partial charge in [0, 0.05) is 58.9 Å². The molecule has 1 aliphatic rings. The van der Waals surface area contributed by atoms with Crippen LogP contribution in [-0.2, 0) is 9.59 Å². The lowest BCUT2D eigenvalue weighted by molar-refractivity contribution is -0.139. The number of nitrogens with zero attached hydrogens (tertiary/aromatic N) is 3. The number of amides is 2. The van der Waals surface area contributed by atoms with Crippen LogP contribution in [0.1, 0.15) is 20.8 Å². The van der Waals surface area contributed by atoms with Crippen LogP contribution in [-0.4, -0.2) is 53.6 Å². The molecule has 6 nitrogen and oxygen atoms in total. The highest BCUT2D eigenvalue weighted by Gasteiger charge is 2.29. The number of piperazine rings is 1. The number of benzene rings is 2. The number of carbonyl (C=O) groups excluding carboxylic acids is 2. The van der Waals surface area contributed by atoms with Gasteiger partial charge in [0.1, 0.15) is 0 Å². The van der Waals surface area contributed by atoms with Crippen molar-refractivity contribution in [3.05, 3.63) is 58.9 Å². The maximum Gasteiger partial charge on any atom is 0.234 e. The van der Waals surface area contributed by atoms with Crippen molar-refractivity contribution in [2.75, 3.05) is 42.1 Å². The molecule has 0 saturated carbocycles. The highest BCUT2D eigenvalue weighted by Crippen LogP contribution is 2.29. The summed E-state index contributed by atoms with van der Waals surface area (Å²) in [6, 6.07) is 15.4. The zero-order valence-corrected chi connectivity index (χ0v) is 22.5. The Hall–Kier alpha value is -2.55. The molecule has 0 atom stereocenters. The fraction of sp³-hybridized carbons (Fsp3) is 0.346. The minimum atomic E-state index is -0.348. The SMILES string of the molecule is CC(C)(C)C(=O)N1CCN(c2ccc(NC(=O)CSc3nc(-c4ccc(Cl)cc4)cs3)cc2)CC1. The van der Waals surface area contributed by atoms with E-state index in [0.717, 1.165) is 53.2 Å². The Morgan fingerprint density at radius 3 is 2.31 bits per heavy atom. The molecule has 0 aliphatic carbocycles. The first-order valence-electron chi connectivity index (χ1n) is 11.5. The Labute approximate surface area is 219 Å². The molecular formula is C26H29ClN4O2S2. The first kappa shape index (κ1) is 25.5. The number of aromatic nitrogens is 1. The highest BCUT2D eigenvalue weighted by molar-refractivity contribution is 8.01. The van der Waals surface area contributed by atoms with E-state index in [1.807, 2.05) is 79.6 Å². The second-order valence-corrected chi connectivity index (χ2v) is 11.9. The molecule has 0 bridgehead atoms. The highest BCUT2D eigenvalue weighted by atomic mass is 35.5. The number of hydrogen-bond donors (Lipinski definition) is 1. The minimum Gasteiger partial charge on any atom is -0.368 e. The van der Waals surface area contributed by atoms with E-state index in [1.54, 1.807) is 0 Å². The summed E-state index contributed by atoms with van der Waals surface area (Å²) < 4.78 is 0.851. The van der Waals surface area contributed by atoms with E-state index in [4.69, 9.17) is 11.6 Å². The molecular weight excluding hydrogens is 500 g/mol. The summed E-state index contributed by atoms with van der Waals surface area (Å²) in [6.07, 6.45) is 0. The average molecular weight is 529 g/mol. The lowest BCUT2D eigenvalue weighted by atomic mass is 9.94. The van der Waals surface area contributed by atoms with Crippen LogP contribution in [0, 0.1) is 5.41 Å². The third-order valence-corrected chi connectivity index (χ3v) is 7.95. The Balaban J connectivity index is 1.24. The summed E-state index contributed by atoms with van der Waals surface area (Å²) in [5.41, 5.74) is 3.40. The Morgan fingerprint density at radius 1 is 1.03 bits per heavy atom. The molecule has 0 spiro atoms. The summed E-state index contributed by atoms with van der Waals surface area (Å²) in [6.45, 7) is 8.94. The second kappa shape index (κ2) is 11.0. The normalized spacial score (nSPS) is 14.2. The van der Waals surface area contributed by atoms with Gasteiger partial charge in [0.05, 0.1) is 11.4 Å². The maximum absolute atomic E-state index is 12.5. The molecule has 184 valence electrons. The number of carbonyl (C=O) groups is 2. The Kier molecular flexibility index (Phi) is 8.04. The van der Waals surface area contributed by atoms with Crippen molar-refractivity contribution in [3.8, 4) is 11.3 Å². The minimum absolute atomic E-state index is 0.0692. The van der Waals surface area contributed by atoms with Crippen LogP contribution in [0.25, 0.3) is 11.3 Å². The molecule has 1 saturated heterocycles. The van der Waals surface area contributed by atoms with Gasteiger partial charge in [-0.3, -0.25) is 9.59 Å². The molecule has 2 aromatic carbocycles. The lowest BCUT2D eigenvalue weighted by Gasteiger charge is -2.38. The number of anilines is 2. The lowest BCUT2D eigenvalue weighted by Crippen LogP contribution is -2.51. The zero-order valence-electron chi connectivity index (χ0n) is 20.1. The number of nitrogens with one attached hydrogen (secondary N) is 1. The quantitative estimate of drug-likeness (QED) is 0.404. The van der Waals surface area contributed by atoms with Gasteiger partial charge in [0.25, 0.3) is 0 Å². The number of thioether (sulfide) groups is 1. The van der Waals surface area contributed by atoms with E-state index in [1.165, 1.54) is 23.1 Å². The third-order valence-electron chi connectivity index (χ3n) is 5.67. The van der Waals surface area contributed by atoms with Crippen molar-refractivity contribution in [3.63, 3.8) is 0 Å². The van der Waals surface area contributed by atoms with E-state index in [2.05, 4.69) is 15.2 Å². The molecule has 1 N–H and O–H groups in total. The molecule has 0 radical (unpaired) electrons. The van der Waals surface area contributed by atoms with Crippen molar-refractivity contribution in [1.29, 1.82) is 0 Å². The van der Waals surface area contributed by atoms with Crippen LogP contribution < -0.4 is 10.2 Å². The van der Waals surface area contributed by atoms with Gasteiger partial charge in [-0.05, 0) is 36.4 Å². The van der Waals surface area contributed by atoms with Gasteiger partial charge < -0.3 is 15.1 Å². The molecule has 1 aliphatic heterocycles. The largest absolute Gasteiger partial charge is 0.368 e. The second-order valence-electron chi connectivity index (χ2n) is 9.42. The zero-order chi connectivity index (χ0) is 25.0. The predicted molar refractivity (Wildman–Crippen MR) is 147 cm³/mol. The topological polar surface area (TPSA) is 65.5 Å². The Bertz CT molecular complexity index is 1170. The van der Waals surface area contributed by atoms with Crippen molar-refractivity contribution in [1.82, 2.24) is 9.88 Å². The van der Waals surface area contributed by atoms with E-state index in [-0.39, 0.29) is 17.2 Å². The van der Waals surface area contributed by atoms with Gasteiger partial charge in [-0.15, -0.1) is 11.3 Å². The summed E-state index contributed by atoms with van der Waals surface area (Å²) >= 11 is 8.90. The van der Waals surface area contributed by atoms with Crippen molar-refractivity contribution in [2.45, 2.75) is 25.1 Å². The number of halogens is 1. The summed E-state index contributed by atoms with van der Waals surface area (Å²) in [5.74, 6) is 0.423. The van der Waals surface area contributed by atoms with Crippen LogP contribution >= 0.6 is 34.7 Å². The van der Waals surface area contributed by atoms with E-state index in [0.29, 0.717) is 10.8 Å². The fourth-order valence-electron chi connectivity index (χ4n) is 3.80. The standard InChI is InChI=1S/C26H29ClN4O2S2/c1-26(2,3)24(33)31-14-12-30(13-15-31)21-10-8-20(9-11-21)28-23(32)17-35-25-29-22(16-34-25)18-4-6-19(27)7-5-18/h4-11,16H,12-15,17H2,1-3H3,(H,28,32). The van der Waals surface area contributed by atoms with Crippen molar-refractivity contribution in [2.24, 2.45) is 5.41 Å². The van der Waals surface area contributed by atoms with Gasteiger partial charge in [-0.2, -0.15) is 0 Å². The third kappa shape index (κ3) is 6.78. The van der Waals surface area contributed by atoms with Crippen LogP contribution in [0.2, 0.25) is 5.02 Å². The predicted octanol–water partition coefficient (Wildman–Crippen LogP) is 5.89. The smallest absolute Gasteiger partial charge is 0.234 e. The molecule has 1 aromatic heterocycles. The monoisotopic (exact) mass is 528 g/mol. The summed E-state index contributed by atoms with van der Waals surface area (Å²) in [5, 5.41) is 5.64. The Morgan fingerprint density at radius 2 is 1.69 bits per heavy atom. The van der Waals surface area contributed by atoms with Crippen molar-refractivity contribution >= 4 is 57.9 Å². The molecule has 1 fully saturated rings. The molecule has 35 heavy (non-hydrogen) atoms. The molecule has 4 rings (SSSR count). The van der Waals surface area contributed by atoms with Crippen LogP contribution in [0.3, 0.4) is 0 Å².